The van der Waals surface area contributed by atoms with Gasteiger partial charge in [-0.05, 0) is 55.2 Å². The monoisotopic (exact) mass is 648 g/mol. The molecule has 1 amide bonds. The number of pyridine rings is 1. The summed E-state index contributed by atoms with van der Waals surface area (Å²) in [5, 5.41) is 12.8. The summed E-state index contributed by atoms with van der Waals surface area (Å²) in [7, 11) is -4.98. The van der Waals surface area contributed by atoms with Crippen molar-refractivity contribution in [2.24, 2.45) is 5.92 Å². The van der Waals surface area contributed by atoms with Gasteiger partial charge in [-0.2, -0.15) is 13.2 Å². The summed E-state index contributed by atoms with van der Waals surface area (Å²) in [6.07, 6.45) is -2.32. The normalized spacial score (nSPS) is 17.2. The second-order valence-electron chi connectivity index (χ2n) is 10.8. The Bertz CT molecular complexity index is 1860. The van der Waals surface area contributed by atoms with Gasteiger partial charge in [0.15, 0.2) is 5.75 Å². The number of aromatic nitrogens is 3. The number of anilines is 2. The second-order valence-corrected chi connectivity index (χ2v) is 12.5. The molecule has 3 heterocycles. The Labute approximate surface area is 255 Å². The van der Waals surface area contributed by atoms with E-state index in [4.69, 9.17) is 4.74 Å². The number of alkyl halides is 3. The summed E-state index contributed by atoms with van der Waals surface area (Å²) >= 11 is 0. The first-order valence-electron chi connectivity index (χ1n) is 13.7. The van der Waals surface area contributed by atoms with Crippen LogP contribution >= 0.6 is 0 Å². The van der Waals surface area contributed by atoms with E-state index in [1.165, 1.54) is 35.5 Å². The third kappa shape index (κ3) is 7.50. The molecule has 1 fully saturated rings. The first kappa shape index (κ1) is 31.7. The van der Waals surface area contributed by atoms with Gasteiger partial charge in [-0.15, -0.1) is 0 Å². The van der Waals surface area contributed by atoms with E-state index in [-0.39, 0.29) is 46.9 Å². The number of sulfonamides is 1. The molecule has 2 aromatic carbocycles. The summed E-state index contributed by atoms with van der Waals surface area (Å²) in [5.74, 6) is -2.60. The van der Waals surface area contributed by atoms with Gasteiger partial charge < -0.3 is 20.1 Å². The van der Waals surface area contributed by atoms with Crippen molar-refractivity contribution in [2.75, 3.05) is 28.9 Å². The van der Waals surface area contributed by atoms with E-state index < -0.39 is 39.6 Å². The SMILES string of the molecule is Cc1ccc2c(NS(=O)(=O)CC(F)(F)F)c(F)ccc2c1Oc1ncccc1-c1ccnc(NC2CC(C)CN(C(=O)O)C2)n1. The van der Waals surface area contributed by atoms with Gasteiger partial charge in [0.1, 0.15) is 11.6 Å². The number of benzene rings is 2. The molecule has 0 spiro atoms. The summed E-state index contributed by atoms with van der Waals surface area (Å²) < 4.78 is 85.6. The number of likely N-dealkylation sites (tertiary alicyclic amines) is 1. The first-order chi connectivity index (χ1) is 21.2. The molecule has 2 atom stereocenters. The Hall–Kier alpha value is -4.73. The van der Waals surface area contributed by atoms with Crippen LogP contribution < -0.4 is 14.8 Å². The minimum absolute atomic E-state index is 0.0236. The fraction of sp³-hybridized carbons (Fsp3) is 0.310. The van der Waals surface area contributed by atoms with Gasteiger partial charge >= 0.3 is 12.3 Å². The number of piperidine rings is 1. The lowest BCUT2D eigenvalue weighted by Crippen LogP contribution is -2.47. The molecule has 1 aliphatic heterocycles. The lowest BCUT2D eigenvalue weighted by molar-refractivity contribution is -0.106. The zero-order valence-corrected chi connectivity index (χ0v) is 24.8. The van der Waals surface area contributed by atoms with Crippen molar-refractivity contribution >= 4 is 38.5 Å². The number of rotatable bonds is 8. The number of halogens is 4. The molecule has 2 unspecified atom stereocenters. The van der Waals surface area contributed by atoms with Crippen LogP contribution in [0.25, 0.3) is 22.0 Å². The molecule has 238 valence electrons. The molecule has 4 aromatic rings. The summed E-state index contributed by atoms with van der Waals surface area (Å²) in [6.45, 7) is 4.35. The van der Waals surface area contributed by atoms with Crippen LogP contribution in [-0.2, 0) is 10.0 Å². The maximum absolute atomic E-state index is 14.8. The second kappa shape index (κ2) is 12.3. The maximum Gasteiger partial charge on any atom is 0.407 e. The number of carbonyl (C=O) groups is 1. The highest BCUT2D eigenvalue weighted by atomic mass is 32.2. The standard InChI is InChI=1S/C29H28F4N6O5S/c1-16-12-18(14-39(13-16)28(40)41)36-27-35-11-9-23(37-27)21-4-3-10-34-26(21)44-25-17(2)5-6-19-20(25)7-8-22(30)24(19)38-45(42,43)15-29(31,32)33/h3-11,16,18,38H,12-15H2,1-2H3,(H,40,41)(H,35,36,37). The van der Waals surface area contributed by atoms with Gasteiger partial charge in [-0.3, -0.25) is 4.72 Å². The summed E-state index contributed by atoms with van der Waals surface area (Å²) in [4.78, 5) is 26.1. The number of hydrogen-bond acceptors (Lipinski definition) is 8. The topological polar surface area (TPSA) is 147 Å². The zero-order valence-electron chi connectivity index (χ0n) is 24.0. The number of nitrogens with one attached hydrogen (secondary N) is 2. The molecule has 0 saturated carbocycles. The van der Waals surface area contributed by atoms with Crippen molar-refractivity contribution in [3.63, 3.8) is 0 Å². The smallest absolute Gasteiger partial charge is 0.407 e. The Morgan fingerprint density at radius 1 is 1.09 bits per heavy atom. The van der Waals surface area contributed by atoms with Gasteiger partial charge in [0, 0.05) is 42.3 Å². The number of aryl methyl sites for hydroxylation is 1. The minimum atomic E-state index is -5.03. The van der Waals surface area contributed by atoms with E-state index >= 15 is 0 Å². The van der Waals surface area contributed by atoms with E-state index in [9.17, 15) is 35.9 Å². The number of ether oxygens (including phenoxy) is 1. The van der Waals surface area contributed by atoms with Gasteiger partial charge in [-0.1, -0.05) is 19.1 Å². The molecule has 2 aromatic heterocycles. The largest absolute Gasteiger partial charge is 0.465 e. The van der Waals surface area contributed by atoms with Gasteiger partial charge in [0.25, 0.3) is 0 Å². The maximum atomic E-state index is 14.8. The van der Waals surface area contributed by atoms with Crippen LogP contribution in [0, 0.1) is 18.7 Å². The Morgan fingerprint density at radius 3 is 2.58 bits per heavy atom. The molecule has 45 heavy (non-hydrogen) atoms. The molecule has 1 saturated heterocycles. The fourth-order valence-corrected chi connectivity index (χ4v) is 6.27. The summed E-state index contributed by atoms with van der Waals surface area (Å²) in [5.41, 5.74) is 0.762. The van der Waals surface area contributed by atoms with Crippen LogP contribution in [0.1, 0.15) is 18.9 Å². The molecule has 0 radical (unpaired) electrons. The van der Waals surface area contributed by atoms with Crippen molar-refractivity contribution in [1.82, 2.24) is 19.9 Å². The predicted octanol–water partition coefficient (Wildman–Crippen LogP) is 6.04. The van der Waals surface area contributed by atoms with E-state index in [1.54, 1.807) is 29.8 Å². The first-order valence-corrected chi connectivity index (χ1v) is 15.3. The van der Waals surface area contributed by atoms with Crippen molar-refractivity contribution in [3.05, 3.63) is 66.2 Å². The number of amides is 1. The Morgan fingerprint density at radius 2 is 1.84 bits per heavy atom. The van der Waals surface area contributed by atoms with E-state index in [0.717, 1.165) is 6.07 Å². The van der Waals surface area contributed by atoms with Crippen LogP contribution in [0.5, 0.6) is 11.6 Å². The molecule has 11 nitrogen and oxygen atoms in total. The van der Waals surface area contributed by atoms with Crippen LogP contribution in [0.2, 0.25) is 0 Å². The van der Waals surface area contributed by atoms with E-state index in [2.05, 4.69) is 20.3 Å². The number of fused-ring (bicyclic) bond motifs is 1. The van der Waals surface area contributed by atoms with Crippen molar-refractivity contribution < 1.29 is 40.6 Å². The average molecular weight is 649 g/mol. The number of hydrogen-bond donors (Lipinski definition) is 3. The molecule has 0 aliphatic carbocycles. The molecular weight excluding hydrogens is 620 g/mol. The highest BCUT2D eigenvalue weighted by Crippen LogP contribution is 2.40. The van der Waals surface area contributed by atoms with Crippen molar-refractivity contribution in [3.8, 4) is 22.9 Å². The molecule has 5 rings (SSSR count). The van der Waals surface area contributed by atoms with Gasteiger partial charge in [0.2, 0.25) is 21.9 Å². The quantitative estimate of drug-likeness (QED) is 0.195. The average Bonchev–Trinajstić information content (AvgIpc) is 2.94. The molecular formula is C29H28F4N6O5S. The zero-order chi connectivity index (χ0) is 32.5. The highest BCUT2D eigenvalue weighted by molar-refractivity contribution is 7.92. The minimum Gasteiger partial charge on any atom is -0.465 e. The van der Waals surface area contributed by atoms with Crippen LogP contribution in [-0.4, -0.2) is 70.5 Å². The van der Waals surface area contributed by atoms with Crippen molar-refractivity contribution in [2.45, 2.75) is 32.5 Å². The van der Waals surface area contributed by atoms with E-state index in [1.807, 2.05) is 6.92 Å². The van der Waals surface area contributed by atoms with E-state index in [0.29, 0.717) is 29.8 Å². The molecule has 16 heteroatoms. The lowest BCUT2D eigenvalue weighted by atomic mass is 9.96. The van der Waals surface area contributed by atoms with Gasteiger partial charge in [-0.25, -0.2) is 32.6 Å². The van der Waals surface area contributed by atoms with Crippen LogP contribution in [0.15, 0.2) is 54.9 Å². The highest BCUT2D eigenvalue weighted by Gasteiger charge is 2.36. The van der Waals surface area contributed by atoms with Crippen LogP contribution in [0.4, 0.5) is 34.0 Å². The third-order valence-electron chi connectivity index (χ3n) is 7.07. The Kier molecular flexibility index (Phi) is 8.69. The summed E-state index contributed by atoms with van der Waals surface area (Å²) in [6, 6.07) is 9.91. The molecule has 0 bridgehead atoms. The molecule has 1 aliphatic rings. The third-order valence-corrected chi connectivity index (χ3v) is 8.30. The van der Waals surface area contributed by atoms with Crippen LogP contribution in [0.3, 0.4) is 0 Å². The lowest BCUT2D eigenvalue weighted by Gasteiger charge is -2.35. The van der Waals surface area contributed by atoms with Gasteiger partial charge in [0.05, 0.1) is 16.9 Å². The molecule has 3 N–H and O–H groups in total. The predicted molar refractivity (Wildman–Crippen MR) is 158 cm³/mol. The number of nitrogens with zero attached hydrogens (tertiary/aromatic N) is 4. The number of carboxylic acid groups (broad SMARTS) is 1. The Balaban J connectivity index is 1.47. The fourth-order valence-electron chi connectivity index (χ4n) is 5.24. The van der Waals surface area contributed by atoms with Crippen molar-refractivity contribution in [1.29, 1.82) is 0 Å².